The molecule has 0 saturated heterocycles. The highest BCUT2D eigenvalue weighted by Crippen LogP contribution is 2.32. The van der Waals surface area contributed by atoms with E-state index in [0.717, 1.165) is 0 Å². The van der Waals surface area contributed by atoms with Gasteiger partial charge in [0.05, 0.1) is 0 Å². The molecule has 8 heteroatoms. The van der Waals surface area contributed by atoms with E-state index in [9.17, 15) is 16.8 Å². The summed E-state index contributed by atoms with van der Waals surface area (Å²) < 4.78 is 60.7. The van der Waals surface area contributed by atoms with E-state index in [0.29, 0.717) is 10.8 Å². The molecule has 0 aliphatic rings. The summed E-state index contributed by atoms with van der Waals surface area (Å²) in [7, 11) is -10.0. The van der Waals surface area contributed by atoms with Gasteiger partial charge in [-0.25, -0.2) is 0 Å². The lowest BCUT2D eigenvalue weighted by molar-refractivity contribution is 0.457. The van der Waals surface area contributed by atoms with Crippen LogP contribution in [0.4, 0.5) is 0 Å². The lowest BCUT2D eigenvalue weighted by atomic mass is 10.1. The Morgan fingerprint density at radius 2 is 1.32 bits per heavy atom. The van der Waals surface area contributed by atoms with Gasteiger partial charge in [0.1, 0.15) is 0 Å². The molecule has 2 aromatic carbocycles. The molecule has 19 heavy (non-hydrogen) atoms. The molecule has 0 aromatic heterocycles. The highest BCUT2D eigenvalue weighted by Gasteiger charge is 2.38. The SMILES string of the molecule is O=S(=O)(O)C(c1cccc2ccccc12)S(=O)(=O)O. The Kier molecular flexibility index (Phi) is 3.35. The Hall–Kier alpha value is -1.48. The third-order valence-electron chi connectivity index (χ3n) is 2.62. The van der Waals surface area contributed by atoms with Gasteiger partial charge < -0.3 is 0 Å². The van der Waals surface area contributed by atoms with Crippen molar-refractivity contribution in [3.05, 3.63) is 48.0 Å². The zero-order valence-corrected chi connectivity index (χ0v) is 11.1. The van der Waals surface area contributed by atoms with Crippen LogP contribution in [0.15, 0.2) is 42.5 Å². The van der Waals surface area contributed by atoms with Crippen LogP contribution in [0.1, 0.15) is 10.1 Å². The molecule has 6 nitrogen and oxygen atoms in total. The summed E-state index contributed by atoms with van der Waals surface area (Å²) in [5.74, 6) is 0. The Bertz CT molecular complexity index is 786. The van der Waals surface area contributed by atoms with E-state index in [-0.39, 0.29) is 5.56 Å². The predicted octanol–water partition coefficient (Wildman–Crippen LogP) is 1.61. The molecule has 0 atom stereocenters. The molecule has 0 radical (unpaired) electrons. The van der Waals surface area contributed by atoms with Gasteiger partial charge in [0.25, 0.3) is 20.2 Å². The molecule has 0 aliphatic heterocycles. The number of hydrogen-bond acceptors (Lipinski definition) is 4. The number of rotatable bonds is 3. The number of hydrogen-bond donors (Lipinski definition) is 2. The molecular weight excluding hydrogens is 292 g/mol. The van der Waals surface area contributed by atoms with E-state index in [2.05, 4.69) is 0 Å². The monoisotopic (exact) mass is 302 g/mol. The van der Waals surface area contributed by atoms with Crippen LogP contribution < -0.4 is 0 Å². The molecule has 102 valence electrons. The van der Waals surface area contributed by atoms with E-state index >= 15 is 0 Å². The van der Waals surface area contributed by atoms with E-state index in [1.165, 1.54) is 18.2 Å². The normalized spacial score (nSPS) is 13.0. The van der Waals surface area contributed by atoms with E-state index < -0.39 is 24.8 Å². The van der Waals surface area contributed by atoms with Crippen LogP contribution in [0, 0.1) is 0 Å². The average molecular weight is 302 g/mol. The number of fused-ring (bicyclic) bond motifs is 1. The van der Waals surface area contributed by atoms with E-state index in [4.69, 9.17) is 9.11 Å². The van der Waals surface area contributed by atoms with Gasteiger partial charge in [-0.1, -0.05) is 42.5 Å². The van der Waals surface area contributed by atoms with Gasteiger partial charge in [0.15, 0.2) is 0 Å². The Labute approximate surface area is 110 Å². The molecule has 0 fully saturated rings. The second kappa shape index (κ2) is 4.57. The quantitative estimate of drug-likeness (QED) is 0.834. The molecule has 0 saturated carbocycles. The Balaban J connectivity index is 2.86. The minimum absolute atomic E-state index is 0.192. The van der Waals surface area contributed by atoms with Crippen molar-refractivity contribution in [2.45, 2.75) is 4.58 Å². The molecule has 2 aromatic rings. The summed E-state index contributed by atoms with van der Waals surface area (Å²) in [6.07, 6.45) is 0. The van der Waals surface area contributed by atoms with Crippen molar-refractivity contribution in [3.63, 3.8) is 0 Å². The maximum atomic E-state index is 11.2. The minimum atomic E-state index is -5.01. The minimum Gasteiger partial charge on any atom is -0.284 e. The van der Waals surface area contributed by atoms with Crippen molar-refractivity contribution in [2.75, 3.05) is 0 Å². The maximum Gasteiger partial charge on any atom is 0.289 e. The second-order valence-corrected chi connectivity index (χ2v) is 7.23. The van der Waals surface area contributed by atoms with Gasteiger partial charge in [-0.3, -0.25) is 9.11 Å². The van der Waals surface area contributed by atoms with Crippen molar-refractivity contribution < 1.29 is 25.9 Å². The van der Waals surface area contributed by atoms with Crippen molar-refractivity contribution >= 4 is 31.0 Å². The third kappa shape index (κ3) is 2.76. The zero-order chi connectivity index (χ0) is 14.3. The van der Waals surface area contributed by atoms with Gasteiger partial charge in [-0.2, -0.15) is 16.8 Å². The van der Waals surface area contributed by atoms with Gasteiger partial charge in [0.2, 0.25) is 4.58 Å². The van der Waals surface area contributed by atoms with Gasteiger partial charge >= 0.3 is 0 Å². The maximum absolute atomic E-state index is 11.2. The van der Waals surface area contributed by atoms with Crippen molar-refractivity contribution in [2.24, 2.45) is 0 Å². The molecule has 0 bridgehead atoms. The zero-order valence-electron chi connectivity index (χ0n) is 9.46. The molecular formula is C11H10O6S2. The highest BCUT2D eigenvalue weighted by atomic mass is 32.3. The summed E-state index contributed by atoms with van der Waals surface area (Å²) in [5, 5.41) is 0.919. The fraction of sp³-hybridized carbons (Fsp3) is 0.0909. The molecule has 0 heterocycles. The standard InChI is InChI=1S/C11H10O6S2/c12-18(13,14)11(19(15,16)17)10-7-3-5-8-4-1-2-6-9(8)10/h1-7,11H,(H,12,13,14)(H,15,16,17). The first-order valence-electron chi connectivity index (χ1n) is 5.11. The van der Waals surface area contributed by atoms with Gasteiger partial charge in [-0.15, -0.1) is 0 Å². The summed E-state index contributed by atoms with van der Waals surface area (Å²) >= 11 is 0. The smallest absolute Gasteiger partial charge is 0.284 e. The highest BCUT2D eigenvalue weighted by molar-refractivity contribution is 8.03. The fourth-order valence-electron chi connectivity index (χ4n) is 1.93. The van der Waals surface area contributed by atoms with Gasteiger partial charge in [-0.05, 0) is 16.3 Å². The fourth-order valence-corrected chi connectivity index (χ4v) is 4.21. The van der Waals surface area contributed by atoms with Crippen molar-refractivity contribution in [3.8, 4) is 0 Å². The Morgan fingerprint density at radius 3 is 1.89 bits per heavy atom. The third-order valence-corrected chi connectivity index (χ3v) is 5.67. The first kappa shape index (κ1) is 13.9. The molecule has 0 unspecified atom stereocenters. The average Bonchev–Trinajstić information content (AvgIpc) is 2.25. The topological polar surface area (TPSA) is 109 Å². The van der Waals surface area contributed by atoms with Crippen LogP contribution in [0.2, 0.25) is 0 Å². The first-order valence-corrected chi connectivity index (χ1v) is 8.12. The summed E-state index contributed by atoms with van der Waals surface area (Å²) in [6, 6.07) is 10.8. The van der Waals surface area contributed by atoms with Crippen LogP contribution in [0.3, 0.4) is 0 Å². The lowest BCUT2D eigenvalue weighted by Gasteiger charge is -2.13. The van der Waals surface area contributed by atoms with Crippen LogP contribution in [-0.4, -0.2) is 25.9 Å². The van der Waals surface area contributed by atoms with Crippen LogP contribution in [-0.2, 0) is 20.2 Å². The Morgan fingerprint density at radius 1 is 0.789 bits per heavy atom. The summed E-state index contributed by atoms with van der Waals surface area (Å²) in [5.41, 5.74) is -0.192. The molecule has 2 rings (SSSR count). The largest absolute Gasteiger partial charge is 0.289 e. The first-order chi connectivity index (χ1) is 8.71. The molecule has 0 spiro atoms. The summed E-state index contributed by atoms with van der Waals surface area (Å²) in [4.78, 5) is 0. The van der Waals surface area contributed by atoms with Crippen molar-refractivity contribution in [1.82, 2.24) is 0 Å². The van der Waals surface area contributed by atoms with Gasteiger partial charge in [0, 0.05) is 0 Å². The van der Waals surface area contributed by atoms with Crippen LogP contribution in [0.25, 0.3) is 10.8 Å². The van der Waals surface area contributed by atoms with E-state index in [1.54, 1.807) is 24.3 Å². The predicted molar refractivity (Wildman–Crippen MR) is 69.8 cm³/mol. The summed E-state index contributed by atoms with van der Waals surface area (Å²) in [6.45, 7) is 0. The molecule has 0 aliphatic carbocycles. The second-order valence-electron chi connectivity index (χ2n) is 3.93. The van der Waals surface area contributed by atoms with Crippen LogP contribution >= 0.6 is 0 Å². The van der Waals surface area contributed by atoms with Crippen molar-refractivity contribution in [1.29, 1.82) is 0 Å². The lowest BCUT2D eigenvalue weighted by Crippen LogP contribution is -2.21. The molecule has 0 amide bonds. The molecule has 2 N–H and O–H groups in total. The number of benzene rings is 2. The van der Waals surface area contributed by atoms with Crippen LogP contribution in [0.5, 0.6) is 0 Å². The van der Waals surface area contributed by atoms with E-state index in [1.807, 2.05) is 0 Å².